The second kappa shape index (κ2) is 6.84. The van der Waals surface area contributed by atoms with Gasteiger partial charge in [-0.15, -0.1) is 0 Å². The Labute approximate surface area is 156 Å². The summed E-state index contributed by atoms with van der Waals surface area (Å²) in [4.78, 5) is 2.97. The molecule has 142 valence electrons. The number of fused-ring (bicyclic) bond motifs is 8. The molecule has 25 heavy (non-hydrogen) atoms. The van der Waals surface area contributed by atoms with E-state index in [2.05, 4.69) is 18.9 Å². The molecular weight excluding hydrogens is 302 g/mol. The van der Waals surface area contributed by atoms with Gasteiger partial charge in [0.15, 0.2) is 0 Å². The van der Waals surface area contributed by atoms with Gasteiger partial charge in [-0.3, -0.25) is 4.90 Å². The van der Waals surface area contributed by atoms with Gasteiger partial charge < -0.3 is 0 Å². The van der Waals surface area contributed by atoms with Crippen LogP contribution in [0.5, 0.6) is 0 Å². The molecule has 0 aromatic carbocycles. The van der Waals surface area contributed by atoms with Crippen LogP contribution < -0.4 is 0 Å². The first-order valence-corrected chi connectivity index (χ1v) is 12.0. The van der Waals surface area contributed by atoms with Crippen LogP contribution in [0.1, 0.15) is 90.4 Å². The molecular formula is C24H41N. The average molecular weight is 344 g/mol. The number of nitrogens with zero attached hydrogens (tertiary/aromatic N) is 1. The summed E-state index contributed by atoms with van der Waals surface area (Å²) in [7, 11) is 2.54. The fourth-order valence-corrected chi connectivity index (χ4v) is 9.02. The second-order valence-electron chi connectivity index (χ2n) is 10.7. The van der Waals surface area contributed by atoms with Crippen LogP contribution in [0.25, 0.3) is 0 Å². The summed E-state index contributed by atoms with van der Waals surface area (Å²) >= 11 is 0. The molecule has 0 aromatic rings. The zero-order valence-corrected chi connectivity index (χ0v) is 16.8. The van der Waals surface area contributed by atoms with Crippen LogP contribution in [0.2, 0.25) is 0 Å². The number of hydrogen-bond acceptors (Lipinski definition) is 1. The molecule has 1 aliphatic heterocycles. The van der Waals surface area contributed by atoms with Crippen molar-refractivity contribution in [2.45, 2.75) is 102 Å². The molecule has 0 aromatic heterocycles. The topological polar surface area (TPSA) is 3.24 Å². The van der Waals surface area contributed by atoms with E-state index in [4.69, 9.17) is 0 Å². The van der Waals surface area contributed by atoms with Crippen molar-refractivity contribution in [3.63, 3.8) is 0 Å². The molecule has 0 bridgehead atoms. The summed E-state index contributed by atoms with van der Waals surface area (Å²) in [6.45, 7) is 2.38. The SMILES string of the molecule is CCCCC1CC2C3CCCCC3C3C(C2C1)C1CCCCC1N3C. The van der Waals surface area contributed by atoms with E-state index in [0.717, 1.165) is 53.5 Å². The minimum atomic E-state index is 0.958. The fourth-order valence-electron chi connectivity index (χ4n) is 9.02. The summed E-state index contributed by atoms with van der Waals surface area (Å²) in [6.07, 6.45) is 20.0. The highest BCUT2D eigenvalue weighted by molar-refractivity contribution is 5.12. The van der Waals surface area contributed by atoms with Crippen LogP contribution in [-0.2, 0) is 0 Å². The zero-order valence-electron chi connectivity index (χ0n) is 16.8. The van der Waals surface area contributed by atoms with E-state index in [0.29, 0.717) is 0 Å². The molecule has 1 heteroatoms. The number of likely N-dealkylation sites (tertiary alicyclic amines) is 1. The summed E-state index contributed by atoms with van der Waals surface area (Å²) in [6, 6.07) is 1.93. The minimum Gasteiger partial charge on any atom is -0.300 e. The third-order valence-electron chi connectivity index (χ3n) is 9.75. The highest BCUT2D eigenvalue weighted by Gasteiger charge is 2.61. The van der Waals surface area contributed by atoms with Gasteiger partial charge in [0.2, 0.25) is 0 Å². The smallest absolute Gasteiger partial charge is 0.0160 e. The van der Waals surface area contributed by atoms with Crippen molar-refractivity contribution in [1.29, 1.82) is 0 Å². The van der Waals surface area contributed by atoms with Crippen LogP contribution in [0.4, 0.5) is 0 Å². The molecule has 0 spiro atoms. The van der Waals surface area contributed by atoms with Gasteiger partial charge >= 0.3 is 0 Å². The second-order valence-corrected chi connectivity index (χ2v) is 10.7. The average Bonchev–Trinajstić information content (AvgIpc) is 3.20. The third-order valence-corrected chi connectivity index (χ3v) is 9.75. The minimum absolute atomic E-state index is 0.958. The highest BCUT2D eigenvalue weighted by Crippen LogP contribution is 2.63. The summed E-state index contributed by atoms with van der Waals surface area (Å²) in [5, 5.41) is 0. The summed E-state index contributed by atoms with van der Waals surface area (Å²) < 4.78 is 0. The van der Waals surface area contributed by atoms with Gasteiger partial charge in [-0.1, -0.05) is 51.9 Å². The largest absolute Gasteiger partial charge is 0.300 e. The van der Waals surface area contributed by atoms with E-state index >= 15 is 0 Å². The maximum atomic E-state index is 2.97. The van der Waals surface area contributed by atoms with E-state index in [-0.39, 0.29) is 0 Å². The van der Waals surface area contributed by atoms with E-state index < -0.39 is 0 Å². The fraction of sp³-hybridized carbons (Fsp3) is 1.00. The Kier molecular flexibility index (Phi) is 4.68. The Balaban J connectivity index is 1.46. The van der Waals surface area contributed by atoms with E-state index in [1.54, 1.807) is 38.5 Å². The molecule has 9 atom stereocenters. The van der Waals surface area contributed by atoms with Crippen molar-refractivity contribution in [1.82, 2.24) is 4.90 Å². The highest BCUT2D eigenvalue weighted by atomic mass is 15.2. The predicted molar refractivity (Wildman–Crippen MR) is 105 cm³/mol. The maximum absolute atomic E-state index is 2.97. The predicted octanol–water partition coefficient (Wildman–Crippen LogP) is 6.13. The quantitative estimate of drug-likeness (QED) is 0.596. The van der Waals surface area contributed by atoms with Gasteiger partial charge in [0, 0.05) is 12.1 Å². The molecule has 1 saturated heterocycles. The molecule has 1 heterocycles. The summed E-state index contributed by atoms with van der Waals surface area (Å²) in [5.74, 6) is 7.67. The molecule has 1 nitrogen and oxygen atoms in total. The van der Waals surface area contributed by atoms with Crippen LogP contribution in [0.15, 0.2) is 0 Å². The monoisotopic (exact) mass is 343 g/mol. The van der Waals surface area contributed by atoms with Gasteiger partial charge in [-0.05, 0) is 87.0 Å². The van der Waals surface area contributed by atoms with Crippen LogP contribution in [0, 0.1) is 41.4 Å². The standard InChI is InChI=1S/C24H41N/c1-3-4-9-16-14-20-17-10-5-6-11-18(17)24-23(21(20)15-16)19-12-7-8-13-22(19)25(24)2/h16-24H,3-15H2,1-2H3. The van der Waals surface area contributed by atoms with Gasteiger partial charge in [0.1, 0.15) is 0 Å². The molecule has 5 rings (SSSR count). The Morgan fingerprint density at radius 2 is 1.44 bits per heavy atom. The lowest BCUT2D eigenvalue weighted by Crippen LogP contribution is -2.52. The summed E-state index contributed by atoms with van der Waals surface area (Å²) in [5.41, 5.74) is 0. The van der Waals surface area contributed by atoms with Gasteiger partial charge in [-0.2, -0.15) is 0 Å². The van der Waals surface area contributed by atoms with Crippen molar-refractivity contribution in [2.75, 3.05) is 7.05 Å². The van der Waals surface area contributed by atoms with E-state index in [1.807, 2.05) is 0 Å². The van der Waals surface area contributed by atoms with Crippen molar-refractivity contribution < 1.29 is 0 Å². The maximum Gasteiger partial charge on any atom is 0.0160 e. The van der Waals surface area contributed by atoms with Gasteiger partial charge in [0.05, 0.1) is 0 Å². The van der Waals surface area contributed by atoms with E-state index in [9.17, 15) is 0 Å². The van der Waals surface area contributed by atoms with E-state index in [1.165, 1.54) is 44.9 Å². The lowest BCUT2D eigenvalue weighted by molar-refractivity contribution is -0.0261. The Bertz CT molecular complexity index is 473. The molecule has 0 radical (unpaired) electrons. The van der Waals surface area contributed by atoms with Crippen molar-refractivity contribution >= 4 is 0 Å². The van der Waals surface area contributed by atoms with Gasteiger partial charge in [-0.25, -0.2) is 0 Å². The molecule has 0 amide bonds. The van der Waals surface area contributed by atoms with Crippen molar-refractivity contribution in [3.05, 3.63) is 0 Å². The zero-order chi connectivity index (χ0) is 17.0. The first-order valence-electron chi connectivity index (χ1n) is 12.0. The molecule has 5 fully saturated rings. The molecule has 0 N–H and O–H groups in total. The molecule has 4 saturated carbocycles. The van der Waals surface area contributed by atoms with Crippen LogP contribution in [-0.4, -0.2) is 24.0 Å². The van der Waals surface area contributed by atoms with Gasteiger partial charge in [0.25, 0.3) is 0 Å². The number of rotatable bonds is 3. The molecule has 5 aliphatic rings. The molecule has 4 aliphatic carbocycles. The Morgan fingerprint density at radius 3 is 2.24 bits per heavy atom. The first-order chi connectivity index (χ1) is 12.3. The third kappa shape index (κ3) is 2.66. The van der Waals surface area contributed by atoms with Crippen molar-refractivity contribution in [2.24, 2.45) is 41.4 Å². The number of hydrogen-bond donors (Lipinski definition) is 0. The Morgan fingerprint density at radius 1 is 0.760 bits per heavy atom. The normalized spacial score (nSPS) is 52.3. The van der Waals surface area contributed by atoms with Crippen LogP contribution >= 0.6 is 0 Å². The van der Waals surface area contributed by atoms with Crippen LogP contribution in [0.3, 0.4) is 0 Å². The number of unbranched alkanes of at least 4 members (excludes halogenated alkanes) is 1. The lowest BCUT2D eigenvalue weighted by Gasteiger charge is -2.52. The first kappa shape index (κ1) is 17.1. The Hall–Kier alpha value is -0.0400. The van der Waals surface area contributed by atoms with Crippen molar-refractivity contribution in [3.8, 4) is 0 Å². The molecule has 9 unspecified atom stereocenters. The lowest BCUT2D eigenvalue weighted by atomic mass is 9.54.